The molecular formula is C17H16N2O3S. The highest BCUT2D eigenvalue weighted by Crippen LogP contribution is 2.19. The zero-order valence-corrected chi connectivity index (χ0v) is 13.6. The lowest BCUT2D eigenvalue weighted by Gasteiger charge is -2.22. The van der Waals surface area contributed by atoms with Crippen molar-refractivity contribution in [3.63, 3.8) is 0 Å². The summed E-state index contributed by atoms with van der Waals surface area (Å²) in [6, 6.07) is 13.5. The molecule has 2 N–H and O–H groups in total. The van der Waals surface area contributed by atoms with E-state index in [0.29, 0.717) is 11.3 Å². The van der Waals surface area contributed by atoms with Crippen molar-refractivity contribution >= 4 is 34.9 Å². The van der Waals surface area contributed by atoms with Gasteiger partial charge < -0.3 is 10.0 Å². The summed E-state index contributed by atoms with van der Waals surface area (Å²) >= 11 is 5.21. The summed E-state index contributed by atoms with van der Waals surface area (Å²) in [4.78, 5) is 24.9. The van der Waals surface area contributed by atoms with E-state index >= 15 is 0 Å². The lowest BCUT2D eigenvalue weighted by molar-refractivity contribution is 0.0697. The second-order valence-electron chi connectivity index (χ2n) is 5.01. The van der Waals surface area contributed by atoms with Crippen LogP contribution in [-0.4, -0.2) is 29.1 Å². The quantitative estimate of drug-likeness (QED) is 0.848. The summed E-state index contributed by atoms with van der Waals surface area (Å²) in [5, 5.41) is 12.0. The number of para-hydroxylation sites is 1. The number of amides is 1. The number of carbonyl (C=O) groups is 2. The minimum Gasteiger partial charge on any atom is -0.478 e. The molecule has 2 aromatic rings. The van der Waals surface area contributed by atoms with Gasteiger partial charge in [0, 0.05) is 12.6 Å². The Hall–Kier alpha value is -2.73. The molecule has 0 aliphatic carbocycles. The number of nitrogens with zero attached hydrogens (tertiary/aromatic N) is 1. The van der Waals surface area contributed by atoms with Gasteiger partial charge in [-0.05, 0) is 43.4 Å². The summed E-state index contributed by atoms with van der Waals surface area (Å²) in [6.07, 6.45) is 0. The van der Waals surface area contributed by atoms with E-state index in [4.69, 9.17) is 12.2 Å². The minimum absolute atomic E-state index is 0.113. The number of hydrogen-bond donors (Lipinski definition) is 2. The highest BCUT2D eigenvalue weighted by molar-refractivity contribution is 7.80. The highest BCUT2D eigenvalue weighted by atomic mass is 32.1. The van der Waals surface area contributed by atoms with Crippen LogP contribution in [0, 0.1) is 6.92 Å². The number of nitrogens with one attached hydrogen (secondary N) is 1. The van der Waals surface area contributed by atoms with Crippen molar-refractivity contribution in [2.24, 2.45) is 0 Å². The Kier molecular flexibility index (Phi) is 5.08. The second kappa shape index (κ2) is 7.02. The molecule has 118 valence electrons. The van der Waals surface area contributed by atoms with Crippen LogP contribution in [0.15, 0.2) is 48.5 Å². The molecule has 0 saturated heterocycles. The average Bonchev–Trinajstić information content (AvgIpc) is 2.54. The van der Waals surface area contributed by atoms with Gasteiger partial charge in [0.15, 0.2) is 5.11 Å². The van der Waals surface area contributed by atoms with Crippen LogP contribution in [0.2, 0.25) is 0 Å². The van der Waals surface area contributed by atoms with Gasteiger partial charge in [0.25, 0.3) is 5.91 Å². The molecule has 0 aliphatic heterocycles. The van der Waals surface area contributed by atoms with Gasteiger partial charge in [-0.15, -0.1) is 0 Å². The third-order valence-corrected chi connectivity index (χ3v) is 3.71. The van der Waals surface area contributed by atoms with Crippen molar-refractivity contribution in [3.8, 4) is 0 Å². The van der Waals surface area contributed by atoms with Gasteiger partial charge in [0.05, 0.1) is 11.3 Å². The first-order valence-corrected chi connectivity index (χ1v) is 7.29. The molecule has 0 radical (unpaired) electrons. The molecule has 0 heterocycles. The number of anilines is 1. The number of hydrogen-bond acceptors (Lipinski definition) is 3. The first kappa shape index (κ1) is 16.6. The highest BCUT2D eigenvalue weighted by Gasteiger charge is 2.17. The van der Waals surface area contributed by atoms with Gasteiger partial charge in [-0.3, -0.25) is 10.1 Å². The van der Waals surface area contributed by atoms with Crippen LogP contribution in [-0.2, 0) is 0 Å². The van der Waals surface area contributed by atoms with Crippen molar-refractivity contribution in [1.29, 1.82) is 0 Å². The van der Waals surface area contributed by atoms with Crippen LogP contribution in [0.5, 0.6) is 0 Å². The number of rotatable bonds is 3. The molecule has 0 bridgehead atoms. The van der Waals surface area contributed by atoms with Crippen molar-refractivity contribution in [2.45, 2.75) is 6.92 Å². The predicted molar refractivity (Wildman–Crippen MR) is 93.0 cm³/mol. The smallest absolute Gasteiger partial charge is 0.337 e. The molecule has 1 amide bonds. The molecule has 0 aromatic heterocycles. The van der Waals surface area contributed by atoms with Gasteiger partial charge in [0.1, 0.15) is 0 Å². The van der Waals surface area contributed by atoms with Gasteiger partial charge in [-0.25, -0.2) is 4.79 Å². The molecule has 0 unspecified atom stereocenters. The van der Waals surface area contributed by atoms with Gasteiger partial charge in [0.2, 0.25) is 0 Å². The van der Waals surface area contributed by atoms with Crippen molar-refractivity contribution in [3.05, 3.63) is 65.2 Å². The van der Waals surface area contributed by atoms with Crippen LogP contribution in [0.4, 0.5) is 5.69 Å². The van der Waals surface area contributed by atoms with Crippen LogP contribution >= 0.6 is 12.2 Å². The zero-order valence-electron chi connectivity index (χ0n) is 12.7. The van der Waals surface area contributed by atoms with Gasteiger partial charge >= 0.3 is 5.97 Å². The van der Waals surface area contributed by atoms with Crippen LogP contribution < -0.4 is 10.2 Å². The number of thiocarbonyl (C=S) groups is 1. The number of carboxylic acid groups (broad SMARTS) is 1. The standard InChI is InChI=1S/C17H16N2O3S/c1-11-7-9-12(10-8-11)15(20)18-17(23)19(2)14-6-4-3-5-13(14)16(21)22/h3-10H,1-2H3,(H,21,22)(H,18,20,23). The van der Waals surface area contributed by atoms with Crippen LogP contribution in [0.1, 0.15) is 26.3 Å². The Balaban J connectivity index is 2.16. The van der Waals surface area contributed by atoms with Crippen molar-refractivity contribution in [2.75, 3.05) is 11.9 Å². The topological polar surface area (TPSA) is 69.6 Å². The molecule has 23 heavy (non-hydrogen) atoms. The largest absolute Gasteiger partial charge is 0.478 e. The fourth-order valence-corrected chi connectivity index (χ4v) is 2.21. The number of carbonyl (C=O) groups excluding carboxylic acids is 1. The maximum absolute atomic E-state index is 12.2. The SMILES string of the molecule is Cc1ccc(C(=O)NC(=S)N(C)c2ccccc2C(=O)O)cc1. The molecule has 0 spiro atoms. The van der Waals surface area contributed by atoms with Crippen LogP contribution in [0.25, 0.3) is 0 Å². The van der Waals surface area contributed by atoms with E-state index in [1.807, 2.05) is 19.1 Å². The summed E-state index contributed by atoms with van der Waals surface area (Å²) in [5.74, 6) is -1.39. The van der Waals surface area contributed by atoms with E-state index in [2.05, 4.69) is 5.32 Å². The molecule has 6 heteroatoms. The second-order valence-corrected chi connectivity index (χ2v) is 5.39. The molecule has 2 rings (SSSR count). The summed E-state index contributed by atoms with van der Waals surface area (Å²) in [6.45, 7) is 1.93. The van der Waals surface area contributed by atoms with E-state index in [0.717, 1.165) is 5.56 Å². The maximum atomic E-state index is 12.2. The molecule has 0 fully saturated rings. The molecule has 2 aromatic carbocycles. The lowest BCUT2D eigenvalue weighted by atomic mass is 10.1. The number of aromatic carboxylic acids is 1. The fraction of sp³-hybridized carbons (Fsp3) is 0.118. The van der Waals surface area contributed by atoms with Crippen molar-refractivity contribution in [1.82, 2.24) is 5.32 Å². The van der Waals surface area contributed by atoms with Gasteiger partial charge in [-0.1, -0.05) is 29.8 Å². The molecule has 5 nitrogen and oxygen atoms in total. The summed E-state index contributed by atoms with van der Waals surface area (Å²) in [7, 11) is 1.61. The third-order valence-electron chi connectivity index (χ3n) is 3.33. The molecule has 0 saturated carbocycles. The Morgan fingerprint density at radius 3 is 2.30 bits per heavy atom. The maximum Gasteiger partial charge on any atom is 0.337 e. The number of carboxylic acids is 1. The van der Waals surface area contributed by atoms with E-state index < -0.39 is 5.97 Å². The van der Waals surface area contributed by atoms with E-state index in [1.165, 1.54) is 11.0 Å². The Labute approximate surface area is 139 Å². The van der Waals surface area contributed by atoms with Gasteiger partial charge in [-0.2, -0.15) is 0 Å². The first-order valence-electron chi connectivity index (χ1n) is 6.88. The van der Waals surface area contributed by atoms with E-state index in [-0.39, 0.29) is 16.6 Å². The third kappa shape index (κ3) is 3.92. The Morgan fingerprint density at radius 2 is 1.70 bits per heavy atom. The lowest BCUT2D eigenvalue weighted by Crippen LogP contribution is -2.41. The molecule has 0 atom stereocenters. The van der Waals surface area contributed by atoms with E-state index in [9.17, 15) is 14.7 Å². The Morgan fingerprint density at radius 1 is 1.09 bits per heavy atom. The monoisotopic (exact) mass is 328 g/mol. The number of benzene rings is 2. The summed E-state index contributed by atoms with van der Waals surface area (Å²) < 4.78 is 0. The van der Waals surface area contributed by atoms with Crippen LogP contribution in [0.3, 0.4) is 0 Å². The fourth-order valence-electron chi connectivity index (χ4n) is 2.01. The average molecular weight is 328 g/mol. The zero-order chi connectivity index (χ0) is 17.0. The van der Waals surface area contributed by atoms with E-state index in [1.54, 1.807) is 37.4 Å². The normalized spacial score (nSPS) is 10.0. The predicted octanol–water partition coefficient (Wildman–Crippen LogP) is 2.84. The summed E-state index contributed by atoms with van der Waals surface area (Å²) in [5.41, 5.74) is 2.06. The number of aryl methyl sites for hydroxylation is 1. The first-order chi connectivity index (χ1) is 10.9. The molecular weight excluding hydrogens is 312 g/mol. The molecule has 0 aliphatic rings. The Bertz CT molecular complexity index is 757. The minimum atomic E-state index is -1.06. The van der Waals surface area contributed by atoms with Crippen molar-refractivity contribution < 1.29 is 14.7 Å².